The molecule has 2 N–H and O–H groups in total. The van der Waals surface area contributed by atoms with E-state index in [-0.39, 0.29) is 11.8 Å². The molecule has 0 atom stereocenters. The van der Waals surface area contributed by atoms with E-state index in [1.165, 1.54) is 6.07 Å². The number of hydrogen-bond donors (Lipinski definition) is 2. The van der Waals surface area contributed by atoms with E-state index in [2.05, 4.69) is 10.6 Å². The molecule has 5 nitrogen and oxygen atoms in total. The van der Waals surface area contributed by atoms with Gasteiger partial charge in [0.25, 0.3) is 11.8 Å². The first-order chi connectivity index (χ1) is 13.2. The molecule has 132 valence electrons. The first kappa shape index (κ1) is 17.9. The molecule has 0 fully saturated rings. The monoisotopic (exact) mass is 355 g/mol. The van der Waals surface area contributed by atoms with Gasteiger partial charge in [0.15, 0.2) is 0 Å². The van der Waals surface area contributed by atoms with Gasteiger partial charge in [0.2, 0.25) is 0 Å². The lowest BCUT2D eigenvalue weighted by Crippen LogP contribution is -2.23. The van der Waals surface area contributed by atoms with Gasteiger partial charge in [-0.05, 0) is 35.9 Å². The zero-order valence-electron chi connectivity index (χ0n) is 14.5. The molecule has 0 unspecified atom stereocenters. The molecule has 5 heteroatoms. The van der Waals surface area contributed by atoms with Gasteiger partial charge in [-0.1, -0.05) is 48.5 Å². The summed E-state index contributed by atoms with van der Waals surface area (Å²) < 4.78 is 0. The second kappa shape index (κ2) is 8.45. The minimum Gasteiger partial charge on any atom is -0.348 e. The Labute approximate surface area is 157 Å². The van der Waals surface area contributed by atoms with Gasteiger partial charge in [-0.25, -0.2) is 0 Å². The third-order valence-electron chi connectivity index (χ3n) is 3.98. The Bertz CT molecular complexity index is 1010. The molecule has 0 aromatic heterocycles. The molecular weight excluding hydrogens is 338 g/mol. The van der Waals surface area contributed by atoms with Crippen molar-refractivity contribution in [1.29, 1.82) is 5.26 Å². The third-order valence-corrected chi connectivity index (χ3v) is 3.98. The zero-order valence-corrected chi connectivity index (χ0v) is 14.5. The van der Waals surface area contributed by atoms with Crippen molar-refractivity contribution in [3.05, 3.63) is 101 Å². The first-order valence-corrected chi connectivity index (χ1v) is 8.40. The van der Waals surface area contributed by atoms with Crippen LogP contribution in [0.5, 0.6) is 0 Å². The fourth-order valence-corrected chi connectivity index (χ4v) is 2.57. The number of nitrogens with zero attached hydrogens (tertiary/aromatic N) is 1. The zero-order chi connectivity index (χ0) is 19.1. The first-order valence-electron chi connectivity index (χ1n) is 8.40. The summed E-state index contributed by atoms with van der Waals surface area (Å²) in [5.41, 5.74) is 2.54. The van der Waals surface area contributed by atoms with Crippen LogP contribution in [-0.4, -0.2) is 11.8 Å². The number of carbonyl (C=O) groups excluding carboxylic acids is 2. The number of nitriles is 1. The highest BCUT2D eigenvalue weighted by Crippen LogP contribution is 2.15. The van der Waals surface area contributed by atoms with E-state index < -0.39 is 0 Å². The summed E-state index contributed by atoms with van der Waals surface area (Å²) in [6, 6.07) is 24.8. The topological polar surface area (TPSA) is 82.0 Å². The van der Waals surface area contributed by atoms with Crippen molar-refractivity contribution < 1.29 is 9.59 Å². The molecule has 3 aromatic carbocycles. The lowest BCUT2D eigenvalue weighted by atomic mass is 10.1. The largest absolute Gasteiger partial charge is 0.348 e. The average molecular weight is 355 g/mol. The molecule has 0 spiro atoms. The molecule has 0 radical (unpaired) electrons. The molecule has 0 saturated carbocycles. The van der Waals surface area contributed by atoms with E-state index in [1.807, 2.05) is 36.4 Å². The van der Waals surface area contributed by atoms with Crippen LogP contribution >= 0.6 is 0 Å². The van der Waals surface area contributed by atoms with E-state index in [1.54, 1.807) is 42.5 Å². The second-order valence-electron chi connectivity index (χ2n) is 5.86. The van der Waals surface area contributed by atoms with Crippen molar-refractivity contribution in [2.75, 3.05) is 5.32 Å². The normalized spacial score (nSPS) is 9.89. The van der Waals surface area contributed by atoms with Gasteiger partial charge in [0.1, 0.15) is 6.07 Å². The van der Waals surface area contributed by atoms with Gasteiger partial charge in [-0.2, -0.15) is 5.26 Å². The number of nitrogens with one attached hydrogen (secondary N) is 2. The number of anilines is 1. The minimum absolute atomic E-state index is 0.258. The Morgan fingerprint density at radius 2 is 1.48 bits per heavy atom. The van der Waals surface area contributed by atoms with Crippen LogP contribution < -0.4 is 10.6 Å². The van der Waals surface area contributed by atoms with Crippen molar-refractivity contribution >= 4 is 17.5 Å². The highest BCUT2D eigenvalue weighted by atomic mass is 16.2. The van der Waals surface area contributed by atoms with Crippen molar-refractivity contribution in [2.45, 2.75) is 6.54 Å². The average Bonchev–Trinajstić information content (AvgIpc) is 2.73. The smallest absolute Gasteiger partial charge is 0.255 e. The molecule has 2 amide bonds. The van der Waals surface area contributed by atoms with Crippen LogP contribution in [0.1, 0.15) is 31.8 Å². The summed E-state index contributed by atoms with van der Waals surface area (Å²) in [4.78, 5) is 24.8. The van der Waals surface area contributed by atoms with Gasteiger partial charge in [0.05, 0.1) is 11.3 Å². The van der Waals surface area contributed by atoms with Crippen LogP contribution in [0.15, 0.2) is 78.9 Å². The molecule has 0 heterocycles. The van der Waals surface area contributed by atoms with Crippen LogP contribution in [0.2, 0.25) is 0 Å². The Morgan fingerprint density at radius 1 is 0.815 bits per heavy atom. The maximum absolute atomic E-state index is 12.5. The summed E-state index contributed by atoms with van der Waals surface area (Å²) in [5.74, 6) is -0.638. The summed E-state index contributed by atoms with van der Waals surface area (Å²) in [6.45, 7) is 0.408. The number of hydrogen-bond acceptors (Lipinski definition) is 3. The molecule has 0 bridgehead atoms. The number of para-hydroxylation sites is 1. The van der Waals surface area contributed by atoms with E-state index in [0.29, 0.717) is 28.9 Å². The summed E-state index contributed by atoms with van der Waals surface area (Å²) in [6.07, 6.45) is 0. The fraction of sp³-hybridized carbons (Fsp3) is 0.0455. The van der Waals surface area contributed by atoms with Crippen LogP contribution in [0.4, 0.5) is 5.69 Å². The number of carbonyl (C=O) groups is 2. The number of benzene rings is 3. The molecular formula is C22H17N3O2. The van der Waals surface area contributed by atoms with Crippen molar-refractivity contribution in [2.24, 2.45) is 0 Å². The maximum atomic E-state index is 12.5. The van der Waals surface area contributed by atoms with Crippen molar-refractivity contribution in [1.82, 2.24) is 5.32 Å². The summed E-state index contributed by atoms with van der Waals surface area (Å²) in [7, 11) is 0. The van der Waals surface area contributed by atoms with E-state index in [0.717, 1.165) is 5.56 Å². The van der Waals surface area contributed by atoms with E-state index >= 15 is 0 Å². The predicted octanol–water partition coefficient (Wildman–Crippen LogP) is 3.74. The highest BCUT2D eigenvalue weighted by Gasteiger charge is 2.12. The van der Waals surface area contributed by atoms with Crippen LogP contribution in [-0.2, 0) is 6.54 Å². The van der Waals surface area contributed by atoms with Gasteiger partial charge >= 0.3 is 0 Å². The van der Waals surface area contributed by atoms with Crippen LogP contribution in [0.25, 0.3) is 0 Å². The molecule has 0 aliphatic heterocycles. The van der Waals surface area contributed by atoms with Gasteiger partial charge in [0, 0.05) is 17.7 Å². The lowest BCUT2D eigenvalue weighted by Gasteiger charge is -2.09. The summed E-state index contributed by atoms with van der Waals surface area (Å²) in [5, 5.41) is 14.7. The van der Waals surface area contributed by atoms with Gasteiger partial charge in [-0.15, -0.1) is 0 Å². The van der Waals surface area contributed by atoms with Crippen LogP contribution in [0.3, 0.4) is 0 Å². The molecule has 27 heavy (non-hydrogen) atoms. The van der Waals surface area contributed by atoms with Crippen LogP contribution in [0, 0.1) is 11.3 Å². The standard InChI is InChI=1S/C22H17N3O2/c23-14-19-9-4-5-12-20(19)25-22(27)18-11-6-10-17(13-18)21(26)24-15-16-7-2-1-3-8-16/h1-13H,15H2,(H,24,26)(H,25,27). The lowest BCUT2D eigenvalue weighted by molar-refractivity contribution is 0.0951. The van der Waals surface area contributed by atoms with Crippen molar-refractivity contribution in [3.63, 3.8) is 0 Å². The van der Waals surface area contributed by atoms with Gasteiger partial charge in [-0.3, -0.25) is 9.59 Å². The molecule has 3 rings (SSSR count). The number of rotatable bonds is 5. The molecule has 3 aromatic rings. The Hall–Kier alpha value is -3.91. The third kappa shape index (κ3) is 4.59. The quantitative estimate of drug-likeness (QED) is 0.731. The van der Waals surface area contributed by atoms with E-state index in [9.17, 15) is 9.59 Å². The molecule has 0 aliphatic carbocycles. The Kier molecular flexibility index (Phi) is 5.60. The van der Waals surface area contributed by atoms with Crippen molar-refractivity contribution in [3.8, 4) is 6.07 Å². The molecule has 0 saturated heterocycles. The Balaban J connectivity index is 1.70. The van der Waals surface area contributed by atoms with Gasteiger partial charge < -0.3 is 10.6 Å². The fourth-order valence-electron chi connectivity index (χ4n) is 2.57. The highest BCUT2D eigenvalue weighted by molar-refractivity contribution is 6.06. The maximum Gasteiger partial charge on any atom is 0.255 e. The molecule has 0 aliphatic rings. The second-order valence-corrected chi connectivity index (χ2v) is 5.86. The summed E-state index contributed by atoms with van der Waals surface area (Å²) >= 11 is 0. The predicted molar refractivity (Wildman–Crippen MR) is 103 cm³/mol. The number of amides is 2. The SMILES string of the molecule is N#Cc1ccccc1NC(=O)c1cccc(C(=O)NCc2ccccc2)c1. The van der Waals surface area contributed by atoms with E-state index in [4.69, 9.17) is 5.26 Å². The Morgan fingerprint density at radius 3 is 2.22 bits per heavy atom. The minimum atomic E-state index is -0.379.